The molecule has 2 amide bonds. The van der Waals surface area contributed by atoms with E-state index >= 15 is 0 Å². The Morgan fingerprint density at radius 2 is 1.88 bits per heavy atom. The maximum Gasteiger partial charge on any atom is 0.407 e. The lowest BCUT2D eigenvalue weighted by Gasteiger charge is -2.30. The van der Waals surface area contributed by atoms with Crippen molar-refractivity contribution in [2.24, 2.45) is 11.7 Å². The van der Waals surface area contributed by atoms with Gasteiger partial charge in [-0.2, -0.15) is 0 Å². The van der Waals surface area contributed by atoms with Gasteiger partial charge in [0.25, 0.3) is 0 Å². The topological polar surface area (TPSA) is 84.7 Å². The van der Waals surface area contributed by atoms with Gasteiger partial charge in [-0.15, -0.1) is 0 Å². The first-order valence-electron chi connectivity index (χ1n) is 5.66. The van der Waals surface area contributed by atoms with E-state index in [1.807, 2.05) is 20.8 Å². The van der Waals surface area contributed by atoms with Crippen LogP contribution in [0.2, 0.25) is 0 Å². The standard InChI is InChI=1S/C11H23N3O3/c1-7(2)9(13-11(16)17-5)10(15)14(4)8(3)6-12/h7-9H,6,12H2,1-5H3,(H,13,16). The molecule has 0 rings (SSSR count). The average Bonchev–Trinajstić information content (AvgIpc) is 2.32. The molecule has 0 spiro atoms. The van der Waals surface area contributed by atoms with Crippen LogP contribution < -0.4 is 11.1 Å². The summed E-state index contributed by atoms with van der Waals surface area (Å²) in [6.45, 7) is 5.96. The fourth-order valence-corrected chi connectivity index (χ4v) is 1.29. The predicted molar refractivity (Wildman–Crippen MR) is 65.5 cm³/mol. The van der Waals surface area contributed by atoms with Crippen molar-refractivity contribution >= 4 is 12.0 Å². The Kier molecular flexibility index (Phi) is 6.57. The number of nitrogens with zero attached hydrogens (tertiary/aromatic N) is 1. The van der Waals surface area contributed by atoms with Gasteiger partial charge < -0.3 is 20.7 Å². The van der Waals surface area contributed by atoms with Gasteiger partial charge in [-0.3, -0.25) is 4.79 Å². The molecular formula is C11H23N3O3. The Labute approximate surface area is 102 Å². The smallest absolute Gasteiger partial charge is 0.407 e. The van der Waals surface area contributed by atoms with E-state index in [-0.39, 0.29) is 17.9 Å². The van der Waals surface area contributed by atoms with Gasteiger partial charge >= 0.3 is 6.09 Å². The second kappa shape index (κ2) is 7.11. The van der Waals surface area contributed by atoms with Crippen LogP contribution in [0.25, 0.3) is 0 Å². The van der Waals surface area contributed by atoms with Crippen molar-refractivity contribution in [3.63, 3.8) is 0 Å². The number of likely N-dealkylation sites (N-methyl/N-ethyl adjacent to an activating group) is 1. The van der Waals surface area contributed by atoms with Crippen LogP contribution in [0.5, 0.6) is 0 Å². The predicted octanol–water partition coefficient (Wildman–Crippen LogP) is 0.173. The van der Waals surface area contributed by atoms with Crippen molar-refractivity contribution in [3.8, 4) is 0 Å². The number of methoxy groups -OCH3 is 1. The molecule has 0 heterocycles. The molecule has 0 aliphatic heterocycles. The molecule has 2 atom stereocenters. The second-order valence-corrected chi connectivity index (χ2v) is 4.39. The van der Waals surface area contributed by atoms with E-state index in [2.05, 4.69) is 10.1 Å². The number of amides is 2. The van der Waals surface area contributed by atoms with Crippen LogP contribution in [0, 0.1) is 5.92 Å². The molecule has 100 valence electrons. The van der Waals surface area contributed by atoms with Crippen LogP contribution >= 0.6 is 0 Å². The maximum absolute atomic E-state index is 12.1. The molecule has 0 aliphatic rings. The largest absolute Gasteiger partial charge is 0.453 e. The maximum atomic E-state index is 12.1. The molecule has 0 aromatic rings. The van der Waals surface area contributed by atoms with Gasteiger partial charge in [0, 0.05) is 19.6 Å². The highest BCUT2D eigenvalue weighted by molar-refractivity contribution is 5.86. The first-order chi connectivity index (χ1) is 7.84. The van der Waals surface area contributed by atoms with E-state index in [4.69, 9.17) is 5.73 Å². The van der Waals surface area contributed by atoms with Crippen molar-refractivity contribution in [3.05, 3.63) is 0 Å². The summed E-state index contributed by atoms with van der Waals surface area (Å²) in [7, 11) is 2.94. The van der Waals surface area contributed by atoms with Gasteiger partial charge in [-0.05, 0) is 12.8 Å². The number of alkyl carbamates (subject to hydrolysis) is 1. The fraction of sp³-hybridized carbons (Fsp3) is 0.818. The first-order valence-corrected chi connectivity index (χ1v) is 5.66. The molecule has 6 nitrogen and oxygen atoms in total. The van der Waals surface area contributed by atoms with E-state index < -0.39 is 12.1 Å². The van der Waals surface area contributed by atoms with Crippen LogP contribution in [0.15, 0.2) is 0 Å². The molecule has 6 heteroatoms. The zero-order chi connectivity index (χ0) is 13.6. The molecule has 0 saturated heterocycles. The number of nitrogens with two attached hydrogens (primary N) is 1. The molecule has 0 fully saturated rings. The minimum atomic E-state index is -0.606. The number of rotatable bonds is 5. The monoisotopic (exact) mass is 245 g/mol. The average molecular weight is 245 g/mol. The summed E-state index contributed by atoms with van der Waals surface area (Å²) in [5.74, 6) is -0.183. The molecular weight excluding hydrogens is 222 g/mol. The highest BCUT2D eigenvalue weighted by Crippen LogP contribution is 2.07. The molecule has 0 aliphatic carbocycles. The number of nitrogens with one attached hydrogen (secondary N) is 1. The SMILES string of the molecule is COC(=O)NC(C(=O)N(C)C(C)CN)C(C)C. The number of ether oxygens (including phenoxy) is 1. The summed E-state index contributed by atoms with van der Waals surface area (Å²) in [5.41, 5.74) is 5.51. The molecule has 17 heavy (non-hydrogen) atoms. The zero-order valence-electron chi connectivity index (χ0n) is 11.2. The van der Waals surface area contributed by atoms with E-state index in [0.717, 1.165) is 0 Å². The third-order valence-electron chi connectivity index (χ3n) is 2.74. The molecule has 0 aromatic carbocycles. The number of hydrogen-bond acceptors (Lipinski definition) is 4. The summed E-state index contributed by atoms with van der Waals surface area (Å²) >= 11 is 0. The van der Waals surface area contributed by atoms with Gasteiger partial charge in [-0.25, -0.2) is 4.79 Å². The normalized spacial score (nSPS) is 14.1. The van der Waals surface area contributed by atoms with Crippen LogP contribution in [-0.2, 0) is 9.53 Å². The third kappa shape index (κ3) is 4.60. The van der Waals surface area contributed by atoms with E-state index in [1.54, 1.807) is 11.9 Å². The summed E-state index contributed by atoms with van der Waals surface area (Å²) < 4.78 is 4.50. The molecule has 0 bridgehead atoms. The zero-order valence-corrected chi connectivity index (χ0v) is 11.2. The highest BCUT2D eigenvalue weighted by atomic mass is 16.5. The Morgan fingerprint density at radius 1 is 1.35 bits per heavy atom. The summed E-state index contributed by atoms with van der Waals surface area (Å²) in [6.07, 6.45) is -0.606. The van der Waals surface area contributed by atoms with Crippen molar-refractivity contribution in [2.45, 2.75) is 32.9 Å². The van der Waals surface area contributed by atoms with Crippen molar-refractivity contribution in [2.75, 3.05) is 20.7 Å². The van der Waals surface area contributed by atoms with Crippen LogP contribution in [-0.4, -0.2) is 49.7 Å². The van der Waals surface area contributed by atoms with E-state index in [1.165, 1.54) is 7.11 Å². The van der Waals surface area contributed by atoms with Gasteiger partial charge in [-0.1, -0.05) is 13.8 Å². The molecule has 0 radical (unpaired) electrons. The lowest BCUT2D eigenvalue weighted by Crippen LogP contribution is -2.53. The Bertz CT molecular complexity index is 269. The minimum Gasteiger partial charge on any atom is -0.453 e. The van der Waals surface area contributed by atoms with Crippen molar-refractivity contribution in [1.82, 2.24) is 10.2 Å². The first kappa shape index (κ1) is 15.7. The number of hydrogen-bond donors (Lipinski definition) is 2. The van der Waals surface area contributed by atoms with Gasteiger partial charge in [0.1, 0.15) is 6.04 Å². The van der Waals surface area contributed by atoms with Gasteiger partial charge in [0.2, 0.25) is 5.91 Å². The Morgan fingerprint density at radius 3 is 2.24 bits per heavy atom. The molecule has 2 unspecified atom stereocenters. The Hall–Kier alpha value is -1.30. The summed E-state index contributed by atoms with van der Waals surface area (Å²) in [6, 6.07) is -0.662. The van der Waals surface area contributed by atoms with Crippen LogP contribution in [0.1, 0.15) is 20.8 Å². The number of carbonyl (C=O) groups excluding carboxylic acids is 2. The lowest BCUT2D eigenvalue weighted by atomic mass is 10.0. The van der Waals surface area contributed by atoms with E-state index in [9.17, 15) is 9.59 Å². The van der Waals surface area contributed by atoms with Gasteiger partial charge in [0.05, 0.1) is 7.11 Å². The summed E-state index contributed by atoms with van der Waals surface area (Å²) in [4.78, 5) is 24.8. The third-order valence-corrected chi connectivity index (χ3v) is 2.74. The molecule has 0 aromatic heterocycles. The van der Waals surface area contributed by atoms with Crippen molar-refractivity contribution in [1.29, 1.82) is 0 Å². The quantitative estimate of drug-likeness (QED) is 0.723. The molecule has 0 saturated carbocycles. The molecule has 3 N–H and O–H groups in total. The summed E-state index contributed by atoms with van der Waals surface area (Å²) in [5, 5.41) is 2.53. The van der Waals surface area contributed by atoms with Crippen LogP contribution in [0.4, 0.5) is 4.79 Å². The number of carbonyl (C=O) groups is 2. The van der Waals surface area contributed by atoms with E-state index in [0.29, 0.717) is 6.54 Å². The lowest BCUT2D eigenvalue weighted by molar-refractivity contribution is -0.134. The van der Waals surface area contributed by atoms with Crippen LogP contribution in [0.3, 0.4) is 0 Å². The highest BCUT2D eigenvalue weighted by Gasteiger charge is 2.28. The van der Waals surface area contributed by atoms with Gasteiger partial charge in [0.15, 0.2) is 0 Å². The second-order valence-electron chi connectivity index (χ2n) is 4.39. The minimum absolute atomic E-state index is 0.0194. The van der Waals surface area contributed by atoms with Crippen molar-refractivity contribution < 1.29 is 14.3 Å². The fourth-order valence-electron chi connectivity index (χ4n) is 1.29. The Balaban J connectivity index is 4.71.